The van der Waals surface area contributed by atoms with Gasteiger partial charge >= 0.3 is 0 Å². The number of aromatic nitrogens is 2. The molecule has 4 aromatic rings. The number of nitrogens with zero attached hydrogens (tertiary/aromatic N) is 2. The summed E-state index contributed by atoms with van der Waals surface area (Å²) in [5, 5.41) is 6.23. The van der Waals surface area contributed by atoms with E-state index < -0.39 is 0 Å². The van der Waals surface area contributed by atoms with Crippen molar-refractivity contribution in [2.24, 2.45) is 0 Å². The second-order valence-corrected chi connectivity index (χ2v) is 6.81. The SMILES string of the molecule is Cc1ccnc(NC(=O)c2sc3ccc4ccccc4c3c2Cl)n1. The Morgan fingerprint density at radius 3 is 2.83 bits per heavy atom. The zero-order valence-electron chi connectivity index (χ0n) is 12.7. The molecule has 0 saturated carbocycles. The fraction of sp³-hybridized carbons (Fsp3) is 0.0556. The first-order valence-corrected chi connectivity index (χ1v) is 8.53. The van der Waals surface area contributed by atoms with E-state index in [2.05, 4.69) is 15.3 Å². The Balaban J connectivity index is 1.81. The number of thiophene rings is 1. The van der Waals surface area contributed by atoms with Crippen molar-refractivity contribution >= 4 is 55.7 Å². The van der Waals surface area contributed by atoms with Crippen molar-refractivity contribution in [1.82, 2.24) is 9.97 Å². The molecule has 0 aliphatic rings. The Morgan fingerprint density at radius 1 is 1.17 bits per heavy atom. The standard InChI is InChI=1S/C18H12ClN3OS/c1-10-8-9-20-18(21-10)22-17(23)16-15(19)14-12-5-3-2-4-11(12)6-7-13(14)24-16/h2-9H,1H3,(H,20,21,22,23). The summed E-state index contributed by atoms with van der Waals surface area (Å²) in [5.74, 6) is -0.0192. The summed E-state index contributed by atoms with van der Waals surface area (Å²) < 4.78 is 0.981. The van der Waals surface area contributed by atoms with Gasteiger partial charge in [-0.05, 0) is 29.8 Å². The average Bonchev–Trinajstić information content (AvgIpc) is 2.92. The molecule has 0 aliphatic carbocycles. The highest BCUT2D eigenvalue weighted by atomic mass is 35.5. The van der Waals surface area contributed by atoms with Gasteiger partial charge in [-0.25, -0.2) is 9.97 Å². The minimum absolute atomic E-state index is 0.276. The van der Waals surface area contributed by atoms with E-state index in [0.717, 1.165) is 26.6 Å². The molecule has 0 aliphatic heterocycles. The number of halogens is 1. The summed E-state index contributed by atoms with van der Waals surface area (Å²) in [5.41, 5.74) is 0.786. The normalized spacial score (nSPS) is 11.1. The first-order valence-electron chi connectivity index (χ1n) is 7.34. The summed E-state index contributed by atoms with van der Waals surface area (Å²) in [6, 6.07) is 13.8. The van der Waals surface area contributed by atoms with Crippen LogP contribution >= 0.6 is 22.9 Å². The maximum absolute atomic E-state index is 12.6. The maximum atomic E-state index is 12.6. The zero-order chi connectivity index (χ0) is 16.7. The van der Waals surface area contributed by atoms with E-state index in [1.165, 1.54) is 11.3 Å². The van der Waals surface area contributed by atoms with Crippen molar-refractivity contribution in [3.05, 3.63) is 64.3 Å². The lowest BCUT2D eigenvalue weighted by Gasteiger charge is -2.03. The molecule has 118 valence electrons. The van der Waals surface area contributed by atoms with E-state index in [1.807, 2.05) is 43.3 Å². The molecule has 4 nitrogen and oxygen atoms in total. The van der Waals surface area contributed by atoms with E-state index >= 15 is 0 Å². The van der Waals surface area contributed by atoms with Gasteiger partial charge in [0.25, 0.3) is 5.91 Å². The number of carbonyl (C=O) groups is 1. The van der Waals surface area contributed by atoms with Gasteiger partial charge < -0.3 is 0 Å². The number of aryl methyl sites for hydroxylation is 1. The van der Waals surface area contributed by atoms with Crippen LogP contribution in [-0.4, -0.2) is 15.9 Å². The fourth-order valence-corrected chi connectivity index (χ4v) is 4.11. The number of carbonyl (C=O) groups excluding carboxylic acids is 1. The fourth-order valence-electron chi connectivity index (χ4n) is 2.64. The lowest BCUT2D eigenvalue weighted by atomic mass is 10.1. The molecular formula is C18H12ClN3OS. The van der Waals surface area contributed by atoms with Gasteiger partial charge in [-0.2, -0.15) is 0 Å². The Labute approximate surface area is 147 Å². The van der Waals surface area contributed by atoms with Crippen LogP contribution in [0.4, 0.5) is 5.95 Å². The largest absolute Gasteiger partial charge is 0.290 e. The summed E-state index contributed by atoms with van der Waals surface area (Å²) in [4.78, 5) is 21.3. The van der Waals surface area contributed by atoms with Crippen molar-refractivity contribution < 1.29 is 4.79 Å². The Hall–Kier alpha value is -2.50. The molecule has 0 bridgehead atoms. The van der Waals surface area contributed by atoms with Crippen molar-refractivity contribution in [2.45, 2.75) is 6.92 Å². The van der Waals surface area contributed by atoms with Gasteiger partial charge in [0.05, 0.1) is 5.02 Å². The molecule has 1 amide bonds. The average molecular weight is 354 g/mol. The Morgan fingerprint density at radius 2 is 2.00 bits per heavy atom. The number of rotatable bonds is 2. The number of fused-ring (bicyclic) bond motifs is 3. The molecule has 0 saturated heterocycles. The van der Waals surface area contributed by atoms with Crippen LogP contribution in [0.5, 0.6) is 0 Å². The topological polar surface area (TPSA) is 54.9 Å². The third-order valence-corrected chi connectivity index (χ3v) is 5.39. The van der Waals surface area contributed by atoms with Crippen LogP contribution in [0.3, 0.4) is 0 Å². The molecule has 1 N–H and O–H groups in total. The van der Waals surface area contributed by atoms with Crippen molar-refractivity contribution in [3.8, 4) is 0 Å². The third-order valence-electron chi connectivity index (χ3n) is 3.75. The van der Waals surface area contributed by atoms with Crippen LogP contribution in [0, 0.1) is 6.92 Å². The number of anilines is 1. The first kappa shape index (κ1) is 15.1. The zero-order valence-corrected chi connectivity index (χ0v) is 14.3. The molecule has 0 unspecified atom stereocenters. The van der Waals surface area contributed by atoms with E-state index in [1.54, 1.807) is 12.3 Å². The second kappa shape index (κ2) is 5.85. The minimum atomic E-state index is -0.295. The number of hydrogen-bond donors (Lipinski definition) is 1. The first-order chi connectivity index (χ1) is 11.6. The molecule has 2 aromatic heterocycles. The van der Waals surface area contributed by atoms with Crippen molar-refractivity contribution in [2.75, 3.05) is 5.32 Å². The summed E-state index contributed by atoms with van der Waals surface area (Å²) in [6.07, 6.45) is 1.61. The van der Waals surface area contributed by atoms with Gasteiger partial charge in [-0.3, -0.25) is 10.1 Å². The molecule has 4 rings (SSSR count). The Bertz CT molecular complexity index is 1090. The molecule has 0 fully saturated rings. The van der Waals surface area contributed by atoms with Gasteiger partial charge in [-0.1, -0.05) is 41.9 Å². The van der Waals surface area contributed by atoms with Gasteiger partial charge in [0.2, 0.25) is 5.95 Å². The van der Waals surface area contributed by atoms with E-state index in [0.29, 0.717) is 9.90 Å². The third kappa shape index (κ3) is 2.52. The lowest BCUT2D eigenvalue weighted by Crippen LogP contribution is -2.13. The van der Waals surface area contributed by atoms with Crippen LogP contribution in [0.15, 0.2) is 48.7 Å². The highest BCUT2D eigenvalue weighted by Gasteiger charge is 2.19. The predicted molar refractivity (Wildman–Crippen MR) is 99.1 cm³/mol. The minimum Gasteiger partial charge on any atom is -0.290 e. The monoisotopic (exact) mass is 353 g/mol. The van der Waals surface area contributed by atoms with Crippen LogP contribution in [0.2, 0.25) is 5.02 Å². The molecule has 0 radical (unpaired) electrons. The highest BCUT2D eigenvalue weighted by molar-refractivity contribution is 7.22. The van der Waals surface area contributed by atoms with Gasteiger partial charge in [0, 0.05) is 22.0 Å². The van der Waals surface area contributed by atoms with Crippen molar-refractivity contribution in [1.29, 1.82) is 0 Å². The van der Waals surface area contributed by atoms with Gasteiger partial charge in [0.15, 0.2) is 0 Å². The molecular weight excluding hydrogens is 342 g/mol. The van der Waals surface area contributed by atoms with E-state index in [4.69, 9.17) is 11.6 Å². The summed E-state index contributed by atoms with van der Waals surface area (Å²) in [7, 11) is 0. The molecule has 2 heterocycles. The van der Waals surface area contributed by atoms with Crippen molar-refractivity contribution in [3.63, 3.8) is 0 Å². The van der Waals surface area contributed by atoms with Crippen LogP contribution in [0.25, 0.3) is 20.9 Å². The smallest absolute Gasteiger partial charge is 0.269 e. The van der Waals surface area contributed by atoms with Gasteiger partial charge in [0.1, 0.15) is 4.88 Å². The number of benzene rings is 2. The molecule has 0 atom stereocenters. The summed E-state index contributed by atoms with van der Waals surface area (Å²) >= 11 is 7.91. The van der Waals surface area contributed by atoms with E-state index in [9.17, 15) is 4.79 Å². The molecule has 24 heavy (non-hydrogen) atoms. The Kier molecular flexibility index (Phi) is 3.67. The lowest BCUT2D eigenvalue weighted by molar-refractivity contribution is 0.103. The highest BCUT2D eigenvalue weighted by Crippen LogP contribution is 2.39. The number of nitrogens with one attached hydrogen (secondary N) is 1. The second-order valence-electron chi connectivity index (χ2n) is 5.38. The predicted octanol–water partition coefficient (Wildman–Crippen LogP) is 5.06. The maximum Gasteiger partial charge on any atom is 0.269 e. The molecule has 6 heteroatoms. The van der Waals surface area contributed by atoms with Crippen LogP contribution < -0.4 is 5.32 Å². The number of hydrogen-bond acceptors (Lipinski definition) is 4. The van der Waals surface area contributed by atoms with E-state index in [-0.39, 0.29) is 11.9 Å². The van der Waals surface area contributed by atoms with Crippen LogP contribution in [0.1, 0.15) is 15.4 Å². The summed E-state index contributed by atoms with van der Waals surface area (Å²) in [6.45, 7) is 1.84. The number of amides is 1. The molecule has 0 spiro atoms. The molecule has 2 aromatic carbocycles. The van der Waals surface area contributed by atoms with Crippen LogP contribution in [-0.2, 0) is 0 Å². The quantitative estimate of drug-likeness (QED) is 0.548. The van der Waals surface area contributed by atoms with Gasteiger partial charge in [-0.15, -0.1) is 11.3 Å².